The van der Waals surface area contributed by atoms with Crippen LogP contribution in [-0.2, 0) is 0 Å². The molecule has 0 bridgehead atoms. The van der Waals surface area contributed by atoms with E-state index in [2.05, 4.69) is 35.3 Å². The van der Waals surface area contributed by atoms with E-state index in [1.54, 1.807) is 0 Å². The van der Waals surface area contributed by atoms with Gasteiger partial charge < -0.3 is 35.3 Å². The second-order valence-corrected chi connectivity index (χ2v) is 7.97. The average molecular weight is 440 g/mol. The highest BCUT2D eigenvalue weighted by Gasteiger charge is 2.29. The van der Waals surface area contributed by atoms with Crippen LogP contribution >= 0.6 is 0 Å². The van der Waals surface area contributed by atoms with Crippen LogP contribution in [0.4, 0.5) is 17.8 Å². The average Bonchev–Trinajstić information content (AvgIpc) is 2.83. The summed E-state index contributed by atoms with van der Waals surface area (Å²) in [6, 6.07) is 0. The number of aliphatic hydroxyl groups excluding tert-OH is 5. The van der Waals surface area contributed by atoms with E-state index in [4.69, 9.17) is 5.11 Å². The van der Waals surface area contributed by atoms with Crippen molar-refractivity contribution >= 4 is 24.1 Å². The van der Waals surface area contributed by atoms with E-state index in [1.165, 1.54) is 12.8 Å². The lowest BCUT2D eigenvalue weighted by Gasteiger charge is -2.30. The number of hydrogen-bond acceptors (Lipinski definition) is 12. The summed E-state index contributed by atoms with van der Waals surface area (Å²) >= 11 is 0. The predicted octanol–water partition coefficient (Wildman–Crippen LogP) is -1.31. The van der Waals surface area contributed by atoms with E-state index in [9.17, 15) is 20.4 Å². The van der Waals surface area contributed by atoms with Gasteiger partial charge in [0.1, 0.15) is 24.4 Å². The van der Waals surface area contributed by atoms with Gasteiger partial charge in [-0.15, -0.1) is 0 Å². The number of piperidine rings is 2. The fourth-order valence-corrected chi connectivity index (χ4v) is 3.67. The van der Waals surface area contributed by atoms with Crippen molar-refractivity contribution in [2.24, 2.45) is 5.10 Å². The molecule has 3 heterocycles. The van der Waals surface area contributed by atoms with Gasteiger partial charge in [-0.2, -0.15) is 20.1 Å². The highest BCUT2D eigenvalue weighted by atomic mass is 16.4. The Balaban J connectivity index is 1.72. The third kappa shape index (κ3) is 6.43. The lowest BCUT2D eigenvalue weighted by Crippen LogP contribution is -2.46. The molecule has 174 valence electrons. The standard InChI is InChI=1S/C19H33N7O5/c27-12-14(29)16(31)15(30)13(28)11-20-24-17-21-18(25-7-3-1-4-8-25)23-19(22-17)26-9-5-2-6-10-26/h11,13-16,27-31H,1-10,12H2,(H,21,22,23,24)/b20-11-/t13-,14+,15+,16+/m0/s1. The van der Waals surface area contributed by atoms with Gasteiger partial charge in [0, 0.05) is 26.2 Å². The van der Waals surface area contributed by atoms with E-state index < -0.39 is 31.0 Å². The molecule has 3 rings (SSSR count). The van der Waals surface area contributed by atoms with Gasteiger partial charge in [0.25, 0.3) is 0 Å². The topological polar surface area (TPSA) is 171 Å². The molecule has 0 aliphatic carbocycles. The van der Waals surface area contributed by atoms with Crippen molar-refractivity contribution in [3.63, 3.8) is 0 Å². The first-order chi connectivity index (χ1) is 15.0. The van der Waals surface area contributed by atoms with Crippen molar-refractivity contribution < 1.29 is 25.5 Å². The van der Waals surface area contributed by atoms with Crippen LogP contribution in [-0.4, -0.2) is 104 Å². The zero-order chi connectivity index (χ0) is 22.2. The minimum atomic E-state index is -1.72. The lowest BCUT2D eigenvalue weighted by atomic mass is 10.0. The normalized spacial score (nSPS) is 21.7. The fourth-order valence-electron chi connectivity index (χ4n) is 3.67. The number of anilines is 3. The molecule has 0 radical (unpaired) electrons. The number of aromatic nitrogens is 3. The number of nitrogens with one attached hydrogen (secondary N) is 1. The Labute approximate surface area is 181 Å². The molecule has 0 spiro atoms. The lowest BCUT2D eigenvalue weighted by molar-refractivity contribution is -0.0999. The molecule has 31 heavy (non-hydrogen) atoms. The van der Waals surface area contributed by atoms with E-state index in [0.717, 1.165) is 58.1 Å². The molecule has 2 fully saturated rings. The molecule has 4 atom stereocenters. The van der Waals surface area contributed by atoms with E-state index in [1.807, 2.05) is 0 Å². The smallest absolute Gasteiger partial charge is 0.250 e. The third-order valence-electron chi connectivity index (χ3n) is 5.56. The summed E-state index contributed by atoms with van der Waals surface area (Å²) in [5, 5.41) is 51.6. The largest absolute Gasteiger partial charge is 0.394 e. The van der Waals surface area contributed by atoms with Crippen LogP contribution in [0.5, 0.6) is 0 Å². The molecule has 0 unspecified atom stereocenters. The van der Waals surface area contributed by atoms with Crippen LogP contribution < -0.4 is 15.2 Å². The monoisotopic (exact) mass is 439 g/mol. The molecule has 2 aliphatic heterocycles. The Kier molecular flexibility index (Phi) is 8.72. The van der Waals surface area contributed by atoms with Gasteiger partial charge in [-0.1, -0.05) is 0 Å². The Morgan fingerprint density at radius 2 is 1.32 bits per heavy atom. The van der Waals surface area contributed by atoms with E-state index in [-0.39, 0.29) is 5.95 Å². The maximum Gasteiger partial charge on any atom is 0.250 e. The van der Waals surface area contributed by atoms with Crippen LogP contribution in [0.15, 0.2) is 5.10 Å². The summed E-state index contributed by atoms with van der Waals surface area (Å²) in [7, 11) is 0. The zero-order valence-electron chi connectivity index (χ0n) is 17.6. The third-order valence-corrected chi connectivity index (χ3v) is 5.56. The number of hydrazone groups is 1. The molecule has 1 aromatic rings. The molecular formula is C19H33N7O5. The maximum absolute atomic E-state index is 9.97. The van der Waals surface area contributed by atoms with Crippen LogP contribution in [0.25, 0.3) is 0 Å². The van der Waals surface area contributed by atoms with Gasteiger partial charge >= 0.3 is 0 Å². The number of nitrogens with zero attached hydrogens (tertiary/aromatic N) is 6. The van der Waals surface area contributed by atoms with Crippen molar-refractivity contribution in [1.29, 1.82) is 0 Å². The van der Waals surface area contributed by atoms with Crippen molar-refractivity contribution in [3.8, 4) is 0 Å². The Morgan fingerprint density at radius 3 is 1.81 bits per heavy atom. The van der Waals surface area contributed by atoms with E-state index in [0.29, 0.717) is 11.9 Å². The molecule has 1 aromatic heterocycles. The molecule has 12 nitrogen and oxygen atoms in total. The molecule has 0 aromatic carbocycles. The first-order valence-corrected chi connectivity index (χ1v) is 10.9. The molecule has 2 aliphatic rings. The second-order valence-electron chi connectivity index (χ2n) is 7.97. The quantitative estimate of drug-likeness (QED) is 0.199. The molecule has 0 saturated carbocycles. The van der Waals surface area contributed by atoms with Crippen molar-refractivity contribution in [2.75, 3.05) is 48.0 Å². The van der Waals surface area contributed by atoms with Gasteiger partial charge in [0.05, 0.1) is 12.8 Å². The Hall–Kier alpha value is -2.12. The summed E-state index contributed by atoms with van der Waals surface area (Å²) in [4.78, 5) is 17.8. The van der Waals surface area contributed by atoms with Gasteiger partial charge in [-0.3, -0.25) is 0 Å². The zero-order valence-corrected chi connectivity index (χ0v) is 17.6. The van der Waals surface area contributed by atoms with Gasteiger partial charge in [0.2, 0.25) is 17.8 Å². The summed E-state index contributed by atoms with van der Waals surface area (Å²) in [6.45, 7) is 2.76. The summed E-state index contributed by atoms with van der Waals surface area (Å²) in [5.41, 5.74) is 2.66. The minimum absolute atomic E-state index is 0.213. The van der Waals surface area contributed by atoms with Gasteiger partial charge in [-0.25, -0.2) is 5.43 Å². The first-order valence-electron chi connectivity index (χ1n) is 10.9. The Morgan fingerprint density at radius 1 is 0.806 bits per heavy atom. The molecule has 12 heteroatoms. The number of hydrogen-bond donors (Lipinski definition) is 6. The van der Waals surface area contributed by atoms with E-state index >= 15 is 0 Å². The summed E-state index contributed by atoms with van der Waals surface area (Å²) in [5.74, 6) is 1.37. The van der Waals surface area contributed by atoms with Gasteiger partial charge in [0.15, 0.2) is 0 Å². The van der Waals surface area contributed by atoms with Crippen LogP contribution in [0.2, 0.25) is 0 Å². The predicted molar refractivity (Wildman–Crippen MR) is 115 cm³/mol. The summed E-state index contributed by atoms with van der Waals surface area (Å²) in [6.07, 6.45) is 1.08. The number of rotatable bonds is 9. The van der Waals surface area contributed by atoms with Crippen molar-refractivity contribution in [2.45, 2.75) is 62.9 Å². The molecule has 0 amide bonds. The fraction of sp³-hybridized carbons (Fsp3) is 0.789. The molecule has 2 saturated heterocycles. The SMILES string of the molecule is OC[C@@H](O)[C@@H](O)[C@H](O)[C@@H](O)/C=N\Nc1nc(N2CCCCC2)nc(N2CCCCC2)n1. The summed E-state index contributed by atoms with van der Waals surface area (Å²) < 4.78 is 0. The van der Waals surface area contributed by atoms with Crippen molar-refractivity contribution in [3.05, 3.63) is 0 Å². The van der Waals surface area contributed by atoms with Gasteiger partial charge in [-0.05, 0) is 38.5 Å². The number of aliphatic hydroxyl groups is 5. The maximum atomic E-state index is 9.97. The van der Waals surface area contributed by atoms with Crippen LogP contribution in [0.1, 0.15) is 38.5 Å². The van der Waals surface area contributed by atoms with Crippen LogP contribution in [0, 0.1) is 0 Å². The van der Waals surface area contributed by atoms with Crippen molar-refractivity contribution in [1.82, 2.24) is 15.0 Å². The Bertz CT molecular complexity index is 677. The second kappa shape index (κ2) is 11.5. The van der Waals surface area contributed by atoms with Crippen LogP contribution in [0.3, 0.4) is 0 Å². The highest BCUT2D eigenvalue weighted by Crippen LogP contribution is 2.22. The minimum Gasteiger partial charge on any atom is -0.394 e. The molecule has 6 N–H and O–H groups in total. The molecular weight excluding hydrogens is 406 g/mol. The first kappa shape index (κ1) is 23.5. The highest BCUT2D eigenvalue weighted by molar-refractivity contribution is 5.64.